The second-order valence-electron chi connectivity index (χ2n) is 3.63. The Morgan fingerprint density at radius 3 is 2.79 bits per heavy atom. The minimum absolute atomic E-state index is 0.0155. The molecular weight excluding hydrogens is 376 g/mol. The summed E-state index contributed by atoms with van der Waals surface area (Å²) in [6.07, 6.45) is -3.26. The molecule has 0 aliphatic heterocycles. The van der Waals surface area contributed by atoms with E-state index < -0.39 is 17.7 Å². The second-order valence-corrected chi connectivity index (χ2v) is 4.70. The Balaban J connectivity index is 2.55. The van der Waals surface area contributed by atoms with E-state index in [1.165, 1.54) is 10.7 Å². The van der Waals surface area contributed by atoms with Gasteiger partial charge in [0.1, 0.15) is 0 Å². The quantitative estimate of drug-likeness (QED) is 0.591. The third-order valence-corrected chi connectivity index (χ3v) is 3.43. The molecule has 0 radical (unpaired) electrons. The van der Waals surface area contributed by atoms with Crippen LogP contribution in [-0.4, -0.2) is 22.2 Å². The summed E-state index contributed by atoms with van der Waals surface area (Å²) in [6, 6.07) is 1.86. The van der Waals surface area contributed by atoms with Gasteiger partial charge in [-0.25, -0.2) is 9.31 Å². The van der Waals surface area contributed by atoms with Gasteiger partial charge in [-0.15, -0.1) is 0 Å². The van der Waals surface area contributed by atoms with Gasteiger partial charge < -0.3 is 4.74 Å². The van der Waals surface area contributed by atoms with Gasteiger partial charge in [-0.2, -0.15) is 18.3 Å². The Bertz CT molecular complexity index is 637. The molecule has 0 amide bonds. The summed E-state index contributed by atoms with van der Waals surface area (Å²) in [5.41, 5.74) is -0.548. The molecule has 0 aromatic carbocycles. The van der Waals surface area contributed by atoms with Crippen molar-refractivity contribution in [3.63, 3.8) is 0 Å². The van der Waals surface area contributed by atoms with Gasteiger partial charge in [0.05, 0.1) is 21.3 Å². The molecule has 0 saturated carbocycles. The molecular formula is C11H8F3IN2O2. The number of carbonyl (C=O) groups is 1. The fourth-order valence-corrected chi connectivity index (χ4v) is 2.25. The van der Waals surface area contributed by atoms with Gasteiger partial charge in [-0.3, -0.25) is 0 Å². The number of aromatic nitrogens is 2. The molecule has 0 aliphatic rings. The summed E-state index contributed by atoms with van der Waals surface area (Å²) in [5, 5.41) is 3.92. The lowest BCUT2D eigenvalue weighted by atomic mass is 10.2. The van der Waals surface area contributed by atoms with Gasteiger partial charge in [0.2, 0.25) is 0 Å². The van der Waals surface area contributed by atoms with Crippen molar-refractivity contribution in [1.29, 1.82) is 0 Å². The first-order chi connectivity index (χ1) is 8.84. The van der Waals surface area contributed by atoms with Crippen LogP contribution in [-0.2, 0) is 10.9 Å². The van der Waals surface area contributed by atoms with Gasteiger partial charge in [0.15, 0.2) is 5.69 Å². The SMILES string of the molecule is CCOC(=O)c1nn2ccc(C(F)(F)F)cc2c1I. The van der Waals surface area contributed by atoms with Gasteiger partial charge in [0, 0.05) is 6.20 Å². The monoisotopic (exact) mass is 384 g/mol. The number of alkyl halides is 3. The molecule has 0 atom stereocenters. The highest BCUT2D eigenvalue weighted by Crippen LogP contribution is 2.31. The van der Waals surface area contributed by atoms with E-state index >= 15 is 0 Å². The standard InChI is InChI=1S/C11H8F3IN2O2/c1-2-19-10(18)9-8(15)7-5-6(11(12,13)14)3-4-17(7)16-9/h3-5H,2H2,1H3. The molecule has 4 nitrogen and oxygen atoms in total. The largest absolute Gasteiger partial charge is 0.461 e. The average Bonchev–Trinajstić information content (AvgIpc) is 2.66. The Labute approximate surface area is 119 Å². The lowest BCUT2D eigenvalue weighted by Gasteiger charge is -2.06. The zero-order chi connectivity index (χ0) is 14.2. The predicted octanol–water partition coefficient (Wildman–Crippen LogP) is 3.13. The highest BCUT2D eigenvalue weighted by molar-refractivity contribution is 14.1. The number of nitrogens with zero attached hydrogens (tertiary/aromatic N) is 2. The molecule has 2 aromatic rings. The second kappa shape index (κ2) is 4.99. The van der Waals surface area contributed by atoms with Crippen LogP contribution < -0.4 is 0 Å². The van der Waals surface area contributed by atoms with E-state index in [0.717, 1.165) is 12.1 Å². The Morgan fingerprint density at radius 1 is 1.53 bits per heavy atom. The molecule has 0 N–H and O–H groups in total. The Morgan fingerprint density at radius 2 is 2.21 bits per heavy atom. The molecule has 0 fully saturated rings. The number of fused-ring (bicyclic) bond motifs is 1. The van der Waals surface area contributed by atoms with E-state index in [-0.39, 0.29) is 17.8 Å². The van der Waals surface area contributed by atoms with Crippen LogP contribution in [0.25, 0.3) is 5.52 Å². The first kappa shape index (κ1) is 14.1. The number of carbonyl (C=O) groups excluding carboxylic acids is 1. The summed E-state index contributed by atoms with van der Waals surface area (Å²) in [6.45, 7) is 1.82. The number of pyridine rings is 1. The van der Waals surface area contributed by atoms with Crippen molar-refractivity contribution < 1.29 is 22.7 Å². The van der Waals surface area contributed by atoms with Crippen molar-refractivity contribution >= 4 is 34.1 Å². The van der Waals surface area contributed by atoms with E-state index in [9.17, 15) is 18.0 Å². The van der Waals surface area contributed by atoms with E-state index in [0.29, 0.717) is 3.57 Å². The predicted molar refractivity (Wildman–Crippen MR) is 68.9 cm³/mol. The zero-order valence-electron chi connectivity index (χ0n) is 9.66. The maximum Gasteiger partial charge on any atom is 0.416 e. The van der Waals surface area contributed by atoms with Crippen LogP contribution in [0, 0.1) is 3.57 Å². The van der Waals surface area contributed by atoms with E-state index in [1.54, 1.807) is 29.5 Å². The third kappa shape index (κ3) is 2.67. The molecule has 2 heterocycles. The third-order valence-electron chi connectivity index (χ3n) is 2.37. The van der Waals surface area contributed by atoms with Crippen molar-refractivity contribution in [2.45, 2.75) is 13.1 Å². The molecule has 102 valence electrons. The number of rotatable bonds is 2. The summed E-state index contributed by atoms with van der Waals surface area (Å²) in [5.74, 6) is -0.649. The van der Waals surface area contributed by atoms with Crippen molar-refractivity contribution in [2.75, 3.05) is 6.61 Å². The lowest BCUT2D eigenvalue weighted by molar-refractivity contribution is -0.137. The fourth-order valence-electron chi connectivity index (χ4n) is 1.52. The molecule has 0 bridgehead atoms. The number of hydrogen-bond acceptors (Lipinski definition) is 3. The number of halogens is 4. The van der Waals surface area contributed by atoms with E-state index in [1.807, 2.05) is 0 Å². The summed E-state index contributed by atoms with van der Waals surface area (Å²) in [7, 11) is 0. The molecule has 2 aromatic heterocycles. The number of ether oxygens (including phenoxy) is 1. The number of esters is 1. The van der Waals surface area contributed by atoms with Gasteiger partial charge in [-0.1, -0.05) is 0 Å². The van der Waals surface area contributed by atoms with Crippen LogP contribution in [0.15, 0.2) is 18.3 Å². The van der Waals surface area contributed by atoms with Gasteiger partial charge in [-0.05, 0) is 41.6 Å². The van der Waals surface area contributed by atoms with Gasteiger partial charge in [0.25, 0.3) is 0 Å². The molecule has 0 saturated heterocycles. The Kier molecular flexibility index (Phi) is 3.70. The number of hydrogen-bond donors (Lipinski definition) is 0. The minimum Gasteiger partial charge on any atom is -0.461 e. The average molecular weight is 384 g/mol. The normalized spacial score (nSPS) is 11.8. The molecule has 0 unspecified atom stereocenters. The van der Waals surface area contributed by atoms with Crippen LogP contribution >= 0.6 is 22.6 Å². The van der Waals surface area contributed by atoms with Crippen LogP contribution in [0.1, 0.15) is 23.0 Å². The van der Waals surface area contributed by atoms with Crippen molar-refractivity contribution in [3.05, 3.63) is 33.2 Å². The van der Waals surface area contributed by atoms with Crippen molar-refractivity contribution in [2.24, 2.45) is 0 Å². The van der Waals surface area contributed by atoms with Crippen LogP contribution in [0.5, 0.6) is 0 Å². The van der Waals surface area contributed by atoms with Crippen molar-refractivity contribution in [3.8, 4) is 0 Å². The molecule has 8 heteroatoms. The summed E-state index contributed by atoms with van der Waals surface area (Å²) in [4.78, 5) is 11.6. The topological polar surface area (TPSA) is 43.6 Å². The minimum atomic E-state index is -4.43. The van der Waals surface area contributed by atoms with Crippen LogP contribution in [0.4, 0.5) is 13.2 Å². The maximum atomic E-state index is 12.6. The van der Waals surface area contributed by atoms with E-state index in [4.69, 9.17) is 4.74 Å². The smallest absolute Gasteiger partial charge is 0.416 e. The molecule has 2 rings (SSSR count). The summed E-state index contributed by atoms with van der Waals surface area (Å²) >= 11 is 1.78. The first-order valence-electron chi connectivity index (χ1n) is 5.26. The molecule has 0 aliphatic carbocycles. The maximum absolute atomic E-state index is 12.6. The lowest BCUT2D eigenvalue weighted by Crippen LogP contribution is -2.06. The van der Waals surface area contributed by atoms with Gasteiger partial charge >= 0.3 is 12.1 Å². The first-order valence-corrected chi connectivity index (χ1v) is 6.34. The highest BCUT2D eigenvalue weighted by atomic mass is 127. The van der Waals surface area contributed by atoms with Crippen LogP contribution in [0.2, 0.25) is 0 Å². The van der Waals surface area contributed by atoms with Crippen molar-refractivity contribution in [1.82, 2.24) is 9.61 Å². The zero-order valence-corrected chi connectivity index (χ0v) is 11.8. The fraction of sp³-hybridized carbons (Fsp3) is 0.273. The van der Waals surface area contributed by atoms with Crippen LogP contribution in [0.3, 0.4) is 0 Å². The highest BCUT2D eigenvalue weighted by Gasteiger charge is 2.31. The van der Waals surface area contributed by atoms with E-state index in [2.05, 4.69) is 5.10 Å². The Hall–Kier alpha value is -1.32. The molecule has 0 spiro atoms. The molecule has 19 heavy (non-hydrogen) atoms. The summed E-state index contributed by atoms with van der Waals surface area (Å²) < 4.78 is 44.2.